The fraction of sp³-hybridized carbons (Fsp3) is 0.737. The summed E-state index contributed by atoms with van der Waals surface area (Å²) in [7, 11) is 0. The Hall–Kier alpha value is -3.38. The summed E-state index contributed by atoms with van der Waals surface area (Å²) in [6.45, 7) is 8.05. The van der Waals surface area contributed by atoms with Gasteiger partial charge in [-0.25, -0.2) is 4.79 Å². The summed E-state index contributed by atoms with van der Waals surface area (Å²) in [5, 5.41) is 3.42. The van der Waals surface area contributed by atoms with E-state index in [1.165, 1.54) is 20.8 Å². The number of esters is 5. The van der Waals surface area contributed by atoms with Gasteiger partial charge in [0.2, 0.25) is 0 Å². The van der Waals surface area contributed by atoms with E-state index in [1.807, 2.05) is 0 Å². The van der Waals surface area contributed by atoms with Crippen LogP contribution in [0.5, 0.6) is 0 Å². The molecule has 14 nitrogen and oxygen atoms in total. The second-order valence-electron chi connectivity index (χ2n) is 8.02. The van der Waals surface area contributed by atoms with Gasteiger partial charge in [0.05, 0.1) is 0 Å². The molecule has 0 amide bonds. The van der Waals surface area contributed by atoms with Crippen LogP contribution in [0.2, 0.25) is 0 Å². The molecule has 1 aliphatic heterocycles. The van der Waals surface area contributed by atoms with Crippen LogP contribution in [0.1, 0.15) is 48.5 Å². The zero-order valence-corrected chi connectivity index (χ0v) is 19.3. The van der Waals surface area contributed by atoms with Crippen molar-refractivity contribution in [2.75, 3.05) is 6.61 Å². The maximum Gasteiger partial charge on any atom is 0.349 e. The number of nitrogens with zero attached hydrogens (tertiary/aromatic N) is 3. The molecule has 1 heterocycles. The van der Waals surface area contributed by atoms with Crippen molar-refractivity contribution in [2.24, 2.45) is 5.11 Å². The highest BCUT2D eigenvalue weighted by atomic mass is 16.7. The first-order valence-electron chi connectivity index (χ1n) is 9.75. The molecule has 0 aromatic carbocycles. The maximum absolute atomic E-state index is 13.2. The smallest absolute Gasteiger partial charge is 0.349 e. The molecule has 0 aromatic rings. The number of azide groups is 1. The number of ether oxygens (including phenoxy) is 6. The SMILES string of the molecule is CC(=O)OC[C@H]1O[C@](N=[N+]=[N-])(C(=O)OC(C)(C)C)[C@H](OC(C)=O)[C@@H](OC(C)=O)[C@H]1OC(C)=O. The molecule has 1 fully saturated rings. The fourth-order valence-corrected chi connectivity index (χ4v) is 2.98. The predicted octanol–water partition coefficient (Wildman–Crippen LogP) is 1.09. The Labute approximate surface area is 189 Å². The van der Waals surface area contributed by atoms with Crippen molar-refractivity contribution >= 4 is 29.8 Å². The summed E-state index contributed by atoms with van der Waals surface area (Å²) in [6.07, 6.45) is -6.66. The Morgan fingerprint density at radius 3 is 1.85 bits per heavy atom. The third-order valence-corrected chi connectivity index (χ3v) is 3.94. The van der Waals surface area contributed by atoms with E-state index >= 15 is 0 Å². The molecule has 5 atom stereocenters. The van der Waals surface area contributed by atoms with Gasteiger partial charge in [-0.05, 0) is 31.4 Å². The second-order valence-corrected chi connectivity index (χ2v) is 8.02. The Balaban J connectivity index is 3.79. The summed E-state index contributed by atoms with van der Waals surface area (Å²) in [5.41, 5.74) is 5.37. The molecule has 0 aliphatic carbocycles. The molecule has 1 saturated heterocycles. The molecule has 0 bridgehead atoms. The van der Waals surface area contributed by atoms with Crippen LogP contribution in [0, 0.1) is 0 Å². The van der Waals surface area contributed by atoms with E-state index in [0.717, 1.165) is 27.7 Å². The first kappa shape index (κ1) is 27.7. The van der Waals surface area contributed by atoms with Gasteiger partial charge in [-0.2, -0.15) is 0 Å². The summed E-state index contributed by atoms with van der Waals surface area (Å²) < 4.78 is 31.6. The van der Waals surface area contributed by atoms with Gasteiger partial charge < -0.3 is 28.4 Å². The average molecular weight is 473 g/mol. The van der Waals surface area contributed by atoms with Crippen LogP contribution < -0.4 is 0 Å². The molecule has 1 aliphatic rings. The zero-order chi connectivity index (χ0) is 25.6. The quantitative estimate of drug-likeness (QED) is 0.169. The van der Waals surface area contributed by atoms with Crippen molar-refractivity contribution < 1.29 is 52.4 Å². The van der Waals surface area contributed by atoms with Crippen LogP contribution in [0.25, 0.3) is 10.4 Å². The average Bonchev–Trinajstić information content (AvgIpc) is 2.62. The first-order valence-corrected chi connectivity index (χ1v) is 9.75. The van der Waals surface area contributed by atoms with E-state index < -0.39 is 72.2 Å². The molecular formula is C19H27N3O11. The summed E-state index contributed by atoms with van der Waals surface area (Å²) in [6, 6.07) is 0. The fourth-order valence-electron chi connectivity index (χ4n) is 2.98. The van der Waals surface area contributed by atoms with E-state index in [0.29, 0.717) is 0 Å². The Morgan fingerprint density at radius 1 is 0.909 bits per heavy atom. The van der Waals surface area contributed by atoms with Crippen LogP contribution in [-0.4, -0.2) is 72.2 Å². The molecule has 0 N–H and O–H groups in total. The number of carbonyl (C=O) groups excluding carboxylic acids is 5. The molecular weight excluding hydrogens is 446 g/mol. The standard InChI is InChI=1S/C19H27N3O11/c1-9(23)28-8-13-14(29-10(2)24)15(30-11(3)25)16(31-12(4)26)19(32-13,21-22-20)17(27)33-18(5,6)7/h13-16H,8H2,1-7H3/t13-,14+,15+,16-,19+/m1/s1. The van der Waals surface area contributed by atoms with Gasteiger partial charge in [-0.15, -0.1) is 0 Å². The van der Waals surface area contributed by atoms with E-state index in [4.69, 9.17) is 28.4 Å². The van der Waals surface area contributed by atoms with Crippen LogP contribution in [0.15, 0.2) is 5.11 Å². The van der Waals surface area contributed by atoms with Crippen molar-refractivity contribution in [3.05, 3.63) is 10.4 Å². The van der Waals surface area contributed by atoms with Crippen LogP contribution >= 0.6 is 0 Å². The Kier molecular flexibility index (Phi) is 9.19. The van der Waals surface area contributed by atoms with Gasteiger partial charge in [0.15, 0.2) is 18.3 Å². The van der Waals surface area contributed by atoms with Crippen molar-refractivity contribution in [1.82, 2.24) is 0 Å². The zero-order valence-electron chi connectivity index (χ0n) is 19.3. The lowest BCUT2D eigenvalue weighted by Crippen LogP contribution is -2.70. The van der Waals surface area contributed by atoms with Gasteiger partial charge in [-0.1, -0.05) is 0 Å². The van der Waals surface area contributed by atoms with Crippen LogP contribution in [0.3, 0.4) is 0 Å². The number of rotatable bonds is 7. The molecule has 184 valence electrons. The predicted molar refractivity (Wildman–Crippen MR) is 106 cm³/mol. The molecule has 0 unspecified atom stereocenters. The van der Waals surface area contributed by atoms with Gasteiger partial charge in [0, 0.05) is 32.6 Å². The lowest BCUT2D eigenvalue weighted by molar-refractivity contribution is -0.285. The van der Waals surface area contributed by atoms with Gasteiger partial charge in [0.25, 0.3) is 5.72 Å². The van der Waals surface area contributed by atoms with E-state index in [1.54, 1.807) is 0 Å². The van der Waals surface area contributed by atoms with E-state index in [2.05, 4.69) is 10.0 Å². The summed E-state index contributed by atoms with van der Waals surface area (Å²) in [4.78, 5) is 62.7. The normalized spacial score (nSPS) is 26.8. The van der Waals surface area contributed by atoms with Crippen LogP contribution in [0.4, 0.5) is 0 Å². The first-order chi connectivity index (χ1) is 15.1. The van der Waals surface area contributed by atoms with Gasteiger partial charge in [-0.3, -0.25) is 19.2 Å². The molecule has 0 aromatic heterocycles. The van der Waals surface area contributed by atoms with Crippen molar-refractivity contribution in [1.29, 1.82) is 0 Å². The molecule has 14 heteroatoms. The van der Waals surface area contributed by atoms with Crippen molar-refractivity contribution in [3.8, 4) is 0 Å². The Bertz CT molecular complexity index is 846. The minimum absolute atomic E-state index is 0.608. The number of carbonyl (C=O) groups is 5. The molecule has 0 spiro atoms. The van der Waals surface area contributed by atoms with Crippen molar-refractivity contribution in [3.63, 3.8) is 0 Å². The highest BCUT2D eigenvalue weighted by Crippen LogP contribution is 2.39. The Morgan fingerprint density at radius 2 is 1.42 bits per heavy atom. The van der Waals surface area contributed by atoms with Crippen molar-refractivity contribution in [2.45, 2.75) is 84.2 Å². The summed E-state index contributed by atoms with van der Waals surface area (Å²) >= 11 is 0. The number of hydrogen-bond acceptors (Lipinski definition) is 12. The molecule has 1 rings (SSSR count). The molecule has 33 heavy (non-hydrogen) atoms. The topological polar surface area (TPSA) is 189 Å². The minimum Gasteiger partial charge on any atom is -0.463 e. The lowest BCUT2D eigenvalue weighted by atomic mass is 9.89. The largest absolute Gasteiger partial charge is 0.463 e. The number of hydrogen-bond donors (Lipinski definition) is 0. The van der Waals surface area contributed by atoms with Gasteiger partial charge >= 0.3 is 29.8 Å². The van der Waals surface area contributed by atoms with Crippen LogP contribution in [-0.2, 0) is 52.4 Å². The van der Waals surface area contributed by atoms with Gasteiger partial charge in [0.1, 0.15) is 18.3 Å². The lowest BCUT2D eigenvalue weighted by Gasteiger charge is -2.48. The monoisotopic (exact) mass is 473 g/mol. The molecule has 0 saturated carbocycles. The molecule has 0 radical (unpaired) electrons. The highest BCUT2D eigenvalue weighted by Gasteiger charge is 2.65. The minimum atomic E-state index is -2.73. The third-order valence-electron chi connectivity index (χ3n) is 3.94. The third kappa shape index (κ3) is 7.61. The van der Waals surface area contributed by atoms with E-state index in [-0.39, 0.29) is 0 Å². The highest BCUT2D eigenvalue weighted by molar-refractivity contribution is 5.82. The van der Waals surface area contributed by atoms with E-state index in [9.17, 15) is 29.5 Å². The second kappa shape index (κ2) is 11.0. The summed E-state index contributed by atoms with van der Waals surface area (Å²) in [5.74, 6) is -4.78. The maximum atomic E-state index is 13.2.